The highest BCUT2D eigenvalue weighted by atomic mass is 16.6. The number of rotatable bonds is 12. The van der Waals surface area contributed by atoms with Crippen LogP contribution in [0, 0.1) is 17.3 Å². The van der Waals surface area contributed by atoms with Crippen LogP contribution in [0.15, 0.2) is 48.3 Å². The highest BCUT2D eigenvalue weighted by Crippen LogP contribution is 2.71. The van der Waals surface area contributed by atoms with Crippen molar-refractivity contribution in [2.24, 2.45) is 17.3 Å². The molecule has 0 aromatic heterocycles. The maximum Gasteiger partial charge on any atom is 0.195 e. The quantitative estimate of drug-likeness (QED) is 0.190. The van der Waals surface area contributed by atoms with Gasteiger partial charge in [0.15, 0.2) is 46.5 Å². The Morgan fingerprint density at radius 1 is 0.810 bits per heavy atom. The summed E-state index contributed by atoms with van der Waals surface area (Å²) >= 11 is 0. The SMILES string of the molecule is C=CC[C@@]12O[C@@H]1C(=O)C1=CO[C@H](CCCCC)[C@H]3[C@@H]4O[C@@H](CCCCC)[C@@H](C5=C4C(=O)[C@@H]4O[C@]4(CC=C)C5=O)[C@@]13C2=O. The molecule has 224 valence electrons. The normalized spacial score (nSPS) is 43.9. The van der Waals surface area contributed by atoms with Crippen LogP contribution in [0.4, 0.5) is 0 Å². The van der Waals surface area contributed by atoms with Crippen LogP contribution in [-0.2, 0) is 38.1 Å². The number of unbranched alkanes of at least 4 members (excludes halogenated alkanes) is 4. The Morgan fingerprint density at radius 3 is 2.10 bits per heavy atom. The molecule has 0 unspecified atom stereocenters. The van der Waals surface area contributed by atoms with Gasteiger partial charge in [-0.25, -0.2) is 0 Å². The summed E-state index contributed by atoms with van der Waals surface area (Å²) in [7, 11) is 0. The van der Waals surface area contributed by atoms with Crippen LogP contribution in [0.3, 0.4) is 0 Å². The maximum atomic E-state index is 15.2. The molecule has 1 saturated carbocycles. The lowest BCUT2D eigenvalue weighted by atomic mass is 9.42. The van der Waals surface area contributed by atoms with E-state index in [1.54, 1.807) is 12.2 Å². The minimum Gasteiger partial charge on any atom is -0.497 e. The van der Waals surface area contributed by atoms with Gasteiger partial charge in [-0.2, -0.15) is 0 Å². The predicted octanol–water partition coefficient (Wildman–Crippen LogP) is 4.46. The van der Waals surface area contributed by atoms with Crippen LogP contribution in [-0.4, -0.2) is 64.9 Å². The summed E-state index contributed by atoms with van der Waals surface area (Å²) in [5, 5.41) is 0. The van der Waals surface area contributed by atoms with Gasteiger partial charge in [-0.15, -0.1) is 13.2 Å². The molecule has 8 nitrogen and oxygen atoms in total. The Labute approximate surface area is 246 Å². The molecule has 8 heteroatoms. The molecule has 0 N–H and O–H groups in total. The third-order valence-corrected chi connectivity index (χ3v) is 11.0. The zero-order valence-corrected chi connectivity index (χ0v) is 24.5. The van der Waals surface area contributed by atoms with Crippen molar-refractivity contribution in [1.82, 2.24) is 0 Å². The molecule has 1 spiro atoms. The number of carbonyl (C=O) groups is 4. The molecule has 8 aliphatic rings. The fraction of sp³-hybridized carbons (Fsp3) is 0.647. The van der Waals surface area contributed by atoms with Crippen molar-refractivity contribution in [1.29, 1.82) is 0 Å². The van der Waals surface area contributed by atoms with E-state index in [-0.39, 0.29) is 41.5 Å². The smallest absolute Gasteiger partial charge is 0.195 e. The second-order valence-corrected chi connectivity index (χ2v) is 13.1. The van der Waals surface area contributed by atoms with E-state index in [2.05, 4.69) is 27.0 Å². The molecular weight excluding hydrogens is 536 g/mol. The third kappa shape index (κ3) is 3.29. The number of carbonyl (C=O) groups excluding carboxylic acids is 4. The monoisotopic (exact) mass is 576 g/mol. The van der Waals surface area contributed by atoms with Gasteiger partial charge in [0.1, 0.15) is 6.10 Å². The standard InChI is InChI=1S/C34H40O8/c1-5-9-11-13-19-24-27-22-21(28(37)32(15-7-3)30(41-32)26(22)36)23(20(40-27)14-12-10-6-2)34(24)18(17-39-19)25(35)29-33(42-29,16-8-4)31(34)38/h7-8,17,19-20,23-24,27,29-30H,3-6,9-16H2,1-2H3/t19-,20+,23+,24+,27-,29-,30+,32-,33-,34+/m1/s1. The first kappa shape index (κ1) is 28.1. The third-order valence-electron chi connectivity index (χ3n) is 11.0. The number of hydrogen-bond acceptors (Lipinski definition) is 8. The van der Waals surface area contributed by atoms with Crippen molar-refractivity contribution in [2.45, 2.75) is 120 Å². The van der Waals surface area contributed by atoms with Crippen LogP contribution in [0.1, 0.15) is 78.1 Å². The number of fused-ring (bicyclic) bond motifs is 3. The topological polar surface area (TPSA) is 112 Å². The first-order valence-electron chi connectivity index (χ1n) is 15.8. The lowest BCUT2D eigenvalue weighted by Gasteiger charge is -2.63. The van der Waals surface area contributed by atoms with E-state index in [4.69, 9.17) is 18.9 Å². The minimum absolute atomic E-state index is 0.193. The molecule has 0 amide bonds. The summed E-state index contributed by atoms with van der Waals surface area (Å²) in [6.07, 6.45) is 8.41. The second-order valence-electron chi connectivity index (χ2n) is 13.1. The Balaban J connectivity index is 1.46. The Bertz CT molecular complexity index is 1360. The molecule has 3 aliphatic carbocycles. The summed E-state index contributed by atoms with van der Waals surface area (Å²) in [4.78, 5) is 57.9. The molecule has 2 bridgehead atoms. The summed E-state index contributed by atoms with van der Waals surface area (Å²) in [5.41, 5.74) is -3.06. The van der Waals surface area contributed by atoms with Gasteiger partial charge in [0.25, 0.3) is 0 Å². The highest BCUT2D eigenvalue weighted by molar-refractivity contribution is 6.25. The van der Waals surface area contributed by atoms with E-state index in [1.807, 2.05) is 0 Å². The van der Waals surface area contributed by atoms with E-state index >= 15 is 4.79 Å². The van der Waals surface area contributed by atoms with Gasteiger partial charge in [-0.1, -0.05) is 58.1 Å². The van der Waals surface area contributed by atoms with Crippen LogP contribution in [0.2, 0.25) is 0 Å². The first-order valence-corrected chi connectivity index (χ1v) is 15.8. The van der Waals surface area contributed by atoms with Gasteiger partial charge < -0.3 is 18.9 Å². The van der Waals surface area contributed by atoms with E-state index in [9.17, 15) is 14.4 Å². The van der Waals surface area contributed by atoms with E-state index in [1.165, 1.54) is 6.26 Å². The van der Waals surface area contributed by atoms with Gasteiger partial charge in [0, 0.05) is 41.4 Å². The van der Waals surface area contributed by atoms with Crippen LogP contribution in [0.5, 0.6) is 0 Å². The maximum absolute atomic E-state index is 15.2. The first-order chi connectivity index (χ1) is 20.3. The fourth-order valence-electron chi connectivity index (χ4n) is 9.15. The number of Topliss-reactive ketones (excluding diaryl/α,β-unsaturated/α-hetero) is 4. The molecule has 5 heterocycles. The number of epoxide rings is 2. The lowest BCUT2D eigenvalue weighted by Crippen LogP contribution is -2.74. The molecule has 42 heavy (non-hydrogen) atoms. The van der Waals surface area contributed by atoms with E-state index in [0.29, 0.717) is 24.0 Å². The molecule has 0 aromatic rings. The van der Waals surface area contributed by atoms with Crippen molar-refractivity contribution >= 4 is 23.1 Å². The molecule has 3 saturated heterocycles. The zero-order chi connectivity index (χ0) is 29.6. The molecule has 8 rings (SSSR count). The van der Waals surface area contributed by atoms with Crippen molar-refractivity contribution in [3.8, 4) is 0 Å². The summed E-state index contributed by atoms with van der Waals surface area (Å²) in [6.45, 7) is 11.9. The largest absolute Gasteiger partial charge is 0.497 e. The zero-order valence-electron chi connectivity index (χ0n) is 24.5. The molecule has 10 atom stereocenters. The van der Waals surface area contributed by atoms with Crippen LogP contribution < -0.4 is 0 Å². The lowest BCUT2D eigenvalue weighted by molar-refractivity contribution is -0.212. The molecule has 4 fully saturated rings. The van der Waals surface area contributed by atoms with Gasteiger partial charge in [-0.05, 0) is 19.3 Å². The number of ketones is 4. The molecule has 0 aromatic carbocycles. The van der Waals surface area contributed by atoms with Gasteiger partial charge in [-0.3, -0.25) is 19.2 Å². The Kier molecular flexibility index (Phi) is 6.47. The van der Waals surface area contributed by atoms with Gasteiger partial charge in [0.05, 0.1) is 23.9 Å². The minimum atomic E-state index is -1.39. The fourth-order valence-corrected chi connectivity index (χ4v) is 9.15. The summed E-state index contributed by atoms with van der Waals surface area (Å²) in [5.74, 6) is -2.42. The average molecular weight is 577 g/mol. The van der Waals surface area contributed by atoms with Crippen molar-refractivity contribution in [3.63, 3.8) is 0 Å². The average Bonchev–Trinajstić information content (AvgIpc) is 3.90. The van der Waals surface area contributed by atoms with Crippen molar-refractivity contribution in [3.05, 3.63) is 48.3 Å². The van der Waals surface area contributed by atoms with Gasteiger partial charge >= 0.3 is 0 Å². The molecule has 0 radical (unpaired) electrons. The summed E-state index contributed by atoms with van der Waals surface area (Å²) < 4.78 is 25.0. The van der Waals surface area contributed by atoms with E-state index < -0.39 is 59.0 Å². The van der Waals surface area contributed by atoms with Crippen LogP contribution >= 0.6 is 0 Å². The molecular formula is C34H40O8. The Hall–Kier alpha value is -2.68. The summed E-state index contributed by atoms with van der Waals surface area (Å²) in [6, 6.07) is 0. The van der Waals surface area contributed by atoms with Gasteiger partial charge in [0.2, 0.25) is 0 Å². The molecule has 5 aliphatic heterocycles. The highest BCUT2D eigenvalue weighted by Gasteiger charge is 2.84. The Morgan fingerprint density at radius 2 is 1.43 bits per heavy atom. The van der Waals surface area contributed by atoms with E-state index in [0.717, 1.165) is 38.5 Å². The second kappa shape index (κ2) is 9.66. The van der Waals surface area contributed by atoms with Crippen molar-refractivity contribution in [2.75, 3.05) is 0 Å². The van der Waals surface area contributed by atoms with Crippen molar-refractivity contribution < 1.29 is 38.1 Å². The van der Waals surface area contributed by atoms with Crippen LogP contribution in [0.25, 0.3) is 0 Å². The number of ether oxygens (including phenoxy) is 4. The number of hydrogen-bond donors (Lipinski definition) is 0. The predicted molar refractivity (Wildman–Crippen MR) is 151 cm³/mol.